The van der Waals surface area contributed by atoms with Crippen molar-refractivity contribution in [3.05, 3.63) is 68.9 Å². The molecule has 1 N–H and O–H groups in total. The summed E-state index contributed by atoms with van der Waals surface area (Å²) in [5, 5.41) is 9.12. The zero-order valence-corrected chi connectivity index (χ0v) is 11.5. The molecule has 5 heteroatoms. The smallest absolute Gasteiger partial charge is 0.255 e. The molecule has 3 heterocycles. The van der Waals surface area contributed by atoms with Crippen LogP contribution in [-0.2, 0) is 0 Å². The largest absolute Gasteiger partial charge is 0.472 e. The van der Waals surface area contributed by atoms with Crippen molar-refractivity contribution < 1.29 is 9.21 Å². The molecule has 0 saturated heterocycles. The van der Waals surface area contributed by atoms with Gasteiger partial charge >= 0.3 is 0 Å². The van der Waals surface area contributed by atoms with Crippen molar-refractivity contribution in [1.29, 1.82) is 0 Å². The van der Waals surface area contributed by atoms with Crippen LogP contribution in [0.3, 0.4) is 0 Å². The minimum absolute atomic E-state index is 0.103. The fourth-order valence-electron chi connectivity index (χ4n) is 1.82. The van der Waals surface area contributed by atoms with Crippen LogP contribution >= 0.6 is 22.7 Å². The van der Waals surface area contributed by atoms with Crippen molar-refractivity contribution in [2.24, 2.45) is 0 Å². The van der Waals surface area contributed by atoms with Gasteiger partial charge in [0.05, 0.1) is 17.9 Å². The van der Waals surface area contributed by atoms with Crippen LogP contribution in [0.25, 0.3) is 0 Å². The molecule has 3 aromatic rings. The van der Waals surface area contributed by atoms with Gasteiger partial charge in [0.15, 0.2) is 0 Å². The van der Waals surface area contributed by atoms with E-state index in [1.165, 1.54) is 12.5 Å². The van der Waals surface area contributed by atoms with Crippen molar-refractivity contribution in [2.75, 3.05) is 0 Å². The van der Waals surface area contributed by atoms with Crippen LogP contribution in [0.1, 0.15) is 26.8 Å². The number of nitrogens with one attached hydrogen (secondary N) is 1. The highest BCUT2D eigenvalue weighted by molar-refractivity contribution is 7.10. The zero-order chi connectivity index (χ0) is 13.1. The molecule has 0 aliphatic carbocycles. The minimum Gasteiger partial charge on any atom is -0.472 e. The Balaban J connectivity index is 1.87. The van der Waals surface area contributed by atoms with Crippen LogP contribution in [0.15, 0.2) is 57.3 Å². The molecule has 19 heavy (non-hydrogen) atoms. The molecular formula is C14H11NO2S2. The van der Waals surface area contributed by atoms with Crippen LogP contribution in [0.5, 0.6) is 0 Å². The van der Waals surface area contributed by atoms with Gasteiger partial charge < -0.3 is 9.73 Å². The summed E-state index contributed by atoms with van der Waals surface area (Å²) in [6.07, 6.45) is 2.95. The Labute approximate surface area is 118 Å². The first-order valence-electron chi connectivity index (χ1n) is 5.73. The van der Waals surface area contributed by atoms with Crippen molar-refractivity contribution in [3.63, 3.8) is 0 Å². The number of hydrogen-bond donors (Lipinski definition) is 1. The third-order valence-electron chi connectivity index (χ3n) is 2.76. The molecule has 3 nitrogen and oxygen atoms in total. The molecule has 0 radical (unpaired) electrons. The van der Waals surface area contributed by atoms with Gasteiger partial charge in [0.2, 0.25) is 0 Å². The summed E-state index contributed by atoms with van der Waals surface area (Å²) < 4.78 is 4.94. The normalized spacial score (nSPS) is 12.2. The van der Waals surface area contributed by atoms with E-state index >= 15 is 0 Å². The molecule has 0 fully saturated rings. The van der Waals surface area contributed by atoms with Gasteiger partial charge in [0.1, 0.15) is 6.26 Å². The maximum absolute atomic E-state index is 12.1. The highest BCUT2D eigenvalue weighted by Crippen LogP contribution is 2.27. The lowest BCUT2D eigenvalue weighted by molar-refractivity contribution is 0.0943. The summed E-state index contributed by atoms with van der Waals surface area (Å²) in [5.41, 5.74) is 1.64. The zero-order valence-electron chi connectivity index (χ0n) is 9.91. The molecule has 3 rings (SSSR count). The number of furan rings is 1. The molecule has 0 aliphatic rings. The number of thiophene rings is 2. The Morgan fingerprint density at radius 1 is 1.26 bits per heavy atom. The minimum atomic E-state index is -0.127. The molecule has 1 unspecified atom stereocenters. The second-order valence-corrected chi connectivity index (χ2v) is 5.75. The molecule has 0 aromatic carbocycles. The van der Waals surface area contributed by atoms with Gasteiger partial charge in [0, 0.05) is 4.88 Å². The topological polar surface area (TPSA) is 42.2 Å². The Hall–Kier alpha value is -1.85. The Bertz CT molecular complexity index is 593. The molecule has 1 atom stereocenters. The number of carbonyl (C=O) groups is 1. The maximum Gasteiger partial charge on any atom is 0.255 e. The fraction of sp³-hybridized carbons (Fsp3) is 0.0714. The van der Waals surface area contributed by atoms with Crippen molar-refractivity contribution in [3.8, 4) is 0 Å². The quantitative estimate of drug-likeness (QED) is 0.791. The van der Waals surface area contributed by atoms with Crippen molar-refractivity contribution >= 4 is 28.6 Å². The first kappa shape index (κ1) is 12.2. The molecule has 0 aliphatic heterocycles. The van der Waals surface area contributed by atoms with Crippen LogP contribution in [0.2, 0.25) is 0 Å². The molecule has 0 bridgehead atoms. The van der Waals surface area contributed by atoms with E-state index in [9.17, 15) is 4.79 Å². The highest BCUT2D eigenvalue weighted by atomic mass is 32.1. The van der Waals surface area contributed by atoms with Crippen LogP contribution in [0, 0.1) is 0 Å². The number of amides is 1. The maximum atomic E-state index is 12.1. The third-order valence-corrected chi connectivity index (χ3v) is 4.40. The average molecular weight is 289 g/mol. The molecule has 0 spiro atoms. The van der Waals surface area contributed by atoms with E-state index < -0.39 is 0 Å². The Morgan fingerprint density at radius 2 is 2.21 bits per heavy atom. The number of rotatable bonds is 4. The van der Waals surface area contributed by atoms with E-state index in [0.717, 1.165) is 10.4 Å². The predicted octanol–water partition coefficient (Wildman–Crippen LogP) is 3.92. The van der Waals surface area contributed by atoms with E-state index in [1.807, 2.05) is 29.0 Å². The standard InChI is InChI=1S/C14H11NO2S2/c16-14(10-3-5-17-8-10)15-13(11-4-7-18-9-11)12-2-1-6-19-12/h1-9,13H,(H,15,16). The van der Waals surface area contributed by atoms with Crippen LogP contribution in [0.4, 0.5) is 0 Å². The third kappa shape index (κ3) is 2.62. The summed E-state index contributed by atoms with van der Waals surface area (Å²) in [4.78, 5) is 13.3. The predicted molar refractivity (Wildman–Crippen MR) is 76.7 cm³/mol. The lowest BCUT2D eigenvalue weighted by atomic mass is 10.1. The van der Waals surface area contributed by atoms with Gasteiger partial charge in [0.25, 0.3) is 5.91 Å². The summed E-state index contributed by atoms with van der Waals surface area (Å²) in [6, 6.07) is 7.61. The van der Waals surface area contributed by atoms with Crippen molar-refractivity contribution in [1.82, 2.24) is 5.32 Å². The van der Waals surface area contributed by atoms with E-state index in [0.29, 0.717) is 5.56 Å². The molecular weight excluding hydrogens is 278 g/mol. The van der Waals surface area contributed by atoms with Gasteiger partial charge in [-0.05, 0) is 39.9 Å². The first-order valence-corrected chi connectivity index (χ1v) is 7.55. The van der Waals surface area contributed by atoms with Crippen LogP contribution in [-0.4, -0.2) is 5.91 Å². The van der Waals surface area contributed by atoms with Gasteiger partial charge in [-0.1, -0.05) is 6.07 Å². The summed E-state index contributed by atoms with van der Waals surface area (Å²) >= 11 is 3.26. The van der Waals surface area contributed by atoms with E-state index in [1.54, 1.807) is 28.7 Å². The second kappa shape index (κ2) is 5.42. The molecule has 0 saturated carbocycles. The van der Waals surface area contributed by atoms with E-state index in [2.05, 4.69) is 10.7 Å². The Kier molecular flexibility index (Phi) is 3.48. The average Bonchev–Trinajstić information content (AvgIpc) is 3.17. The molecule has 96 valence electrons. The SMILES string of the molecule is O=C(NC(c1ccsc1)c1cccs1)c1ccoc1. The monoisotopic (exact) mass is 289 g/mol. The fourth-order valence-corrected chi connectivity index (χ4v) is 3.31. The highest BCUT2D eigenvalue weighted by Gasteiger charge is 2.19. The molecule has 3 aromatic heterocycles. The van der Waals surface area contributed by atoms with E-state index in [4.69, 9.17) is 4.42 Å². The number of hydrogen-bond acceptors (Lipinski definition) is 4. The molecule has 1 amide bonds. The lowest BCUT2D eigenvalue weighted by Crippen LogP contribution is -2.28. The van der Waals surface area contributed by atoms with Gasteiger partial charge in [-0.2, -0.15) is 11.3 Å². The van der Waals surface area contributed by atoms with Crippen LogP contribution < -0.4 is 5.32 Å². The van der Waals surface area contributed by atoms with E-state index in [-0.39, 0.29) is 11.9 Å². The Morgan fingerprint density at radius 3 is 2.84 bits per heavy atom. The lowest BCUT2D eigenvalue weighted by Gasteiger charge is -2.16. The summed E-state index contributed by atoms with van der Waals surface area (Å²) in [7, 11) is 0. The van der Waals surface area contributed by atoms with Gasteiger partial charge in [-0.3, -0.25) is 4.79 Å². The summed E-state index contributed by atoms with van der Waals surface area (Å²) in [5.74, 6) is -0.127. The second-order valence-electron chi connectivity index (χ2n) is 3.99. The summed E-state index contributed by atoms with van der Waals surface area (Å²) in [6.45, 7) is 0. The van der Waals surface area contributed by atoms with Gasteiger partial charge in [-0.25, -0.2) is 0 Å². The van der Waals surface area contributed by atoms with Crippen molar-refractivity contribution in [2.45, 2.75) is 6.04 Å². The van der Waals surface area contributed by atoms with Gasteiger partial charge in [-0.15, -0.1) is 11.3 Å². The first-order chi connectivity index (χ1) is 9.34. The number of carbonyl (C=O) groups excluding carboxylic acids is 1.